The molecule has 0 fully saturated rings. The molecule has 12 heavy (non-hydrogen) atoms. The molecule has 0 amide bonds. The molecule has 0 aliphatic carbocycles. The summed E-state index contributed by atoms with van der Waals surface area (Å²) in [4.78, 5) is 3.09. The van der Waals surface area contributed by atoms with Crippen LogP contribution in [0.1, 0.15) is 5.69 Å². The zero-order valence-electron chi connectivity index (χ0n) is 6.41. The highest BCUT2D eigenvalue weighted by Crippen LogP contribution is 2.24. The van der Waals surface area contributed by atoms with Crippen LogP contribution in [0.3, 0.4) is 0 Å². The predicted molar refractivity (Wildman–Crippen MR) is 52.7 cm³/mol. The van der Waals surface area contributed by atoms with E-state index in [4.69, 9.17) is 0 Å². The fourth-order valence-electron chi connectivity index (χ4n) is 1.28. The van der Waals surface area contributed by atoms with Crippen LogP contribution in [0.5, 0.6) is 5.75 Å². The Morgan fingerprint density at radius 1 is 1.42 bits per heavy atom. The number of para-hydroxylation sites is 1. The van der Waals surface area contributed by atoms with Crippen molar-refractivity contribution < 1.29 is 5.11 Å². The molecular weight excluding hydrogens is 170 g/mol. The van der Waals surface area contributed by atoms with Gasteiger partial charge in [-0.2, -0.15) is 12.6 Å². The van der Waals surface area contributed by atoms with Crippen molar-refractivity contribution >= 4 is 23.5 Å². The molecule has 0 atom stereocenters. The molecule has 0 saturated heterocycles. The highest BCUT2D eigenvalue weighted by Gasteiger charge is 2.01. The van der Waals surface area contributed by atoms with Gasteiger partial charge in [0.2, 0.25) is 0 Å². The van der Waals surface area contributed by atoms with Gasteiger partial charge >= 0.3 is 0 Å². The summed E-state index contributed by atoms with van der Waals surface area (Å²) in [7, 11) is 0. The smallest absolute Gasteiger partial charge is 0.139 e. The summed E-state index contributed by atoms with van der Waals surface area (Å²) in [5.74, 6) is 0.953. The topological polar surface area (TPSA) is 36.0 Å². The van der Waals surface area contributed by atoms with Gasteiger partial charge in [0.15, 0.2) is 0 Å². The lowest BCUT2D eigenvalue weighted by atomic mass is 10.2. The number of rotatable bonds is 1. The maximum absolute atomic E-state index is 9.42. The van der Waals surface area contributed by atoms with Gasteiger partial charge in [-0.25, -0.2) is 0 Å². The van der Waals surface area contributed by atoms with Crippen LogP contribution < -0.4 is 0 Å². The molecule has 0 saturated carbocycles. The zero-order chi connectivity index (χ0) is 8.55. The van der Waals surface area contributed by atoms with Crippen molar-refractivity contribution in [2.24, 2.45) is 0 Å². The molecule has 0 aliphatic heterocycles. The fourth-order valence-corrected chi connectivity index (χ4v) is 1.45. The summed E-state index contributed by atoms with van der Waals surface area (Å²) in [5, 5.41) is 10.5. The van der Waals surface area contributed by atoms with E-state index < -0.39 is 0 Å². The van der Waals surface area contributed by atoms with Crippen LogP contribution in [-0.4, -0.2) is 10.1 Å². The molecule has 0 unspecified atom stereocenters. The van der Waals surface area contributed by atoms with E-state index in [1.807, 2.05) is 18.2 Å². The quantitative estimate of drug-likeness (QED) is 0.577. The van der Waals surface area contributed by atoms with E-state index in [9.17, 15) is 5.11 Å². The van der Waals surface area contributed by atoms with Crippen LogP contribution in [0.25, 0.3) is 10.9 Å². The summed E-state index contributed by atoms with van der Waals surface area (Å²) >= 11 is 4.14. The van der Waals surface area contributed by atoms with Gasteiger partial charge in [-0.3, -0.25) is 0 Å². The number of nitrogens with one attached hydrogen (secondary N) is 1. The van der Waals surface area contributed by atoms with Crippen molar-refractivity contribution in [1.29, 1.82) is 0 Å². The van der Waals surface area contributed by atoms with E-state index in [1.54, 1.807) is 6.07 Å². The Morgan fingerprint density at radius 2 is 2.25 bits per heavy atom. The molecular formula is C9H9NOS. The summed E-state index contributed by atoms with van der Waals surface area (Å²) in [6.45, 7) is 0. The fraction of sp³-hybridized carbons (Fsp3) is 0.111. The lowest BCUT2D eigenvalue weighted by Crippen LogP contribution is -1.73. The van der Waals surface area contributed by atoms with E-state index >= 15 is 0 Å². The van der Waals surface area contributed by atoms with Gasteiger partial charge in [-0.05, 0) is 12.1 Å². The Labute approximate surface area is 75.6 Å². The number of hydrogen-bond acceptors (Lipinski definition) is 2. The minimum atomic E-state index is 0.292. The van der Waals surface area contributed by atoms with Crippen LogP contribution in [-0.2, 0) is 5.75 Å². The number of aromatic hydroxyl groups is 1. The summed E-state index contributed by atoms with van der Waals surface area (Å²) in [6, 6.07) is 7.44. The first-order valence-electron chi connectivity index (χ1n) is 3.71. The third-order valence-corrected chi connectivity index (χ3v) is 2.20. The second-order valence-corrected chi connectivity index (χ2v) is 3.01. The number of fused-ring (bicyclic) bond motifs is 1. The first kappa shape index (κ1) is 7.55. The molecule has 0 spiro atoms. The summed E-state index contributed by atoms with van der Waals surface area (Å²) in [5.41, 5.74) is 1.82. The maximum atomic E-state index is 9.42. The summed E-state index contributed by atoms with van der Waals surface area (Å²) in [6.07, 6.45) is 0. The van der Waals surface area contributed by atoms with Gasteiger partial charge in [0.05, 0.1) is 5.52 Å². The molecule has 0 aliphatic rings. The molecule has 1 aromatic carbocycles. The summed E-state index contributed by atoms with van der Waals surface area (Å²) < 4.78 is 0. The van der Waals surface area contributed by atoms with Gasteiger partial charge in [0.1, 0.15) is 5.75 Å². The maximum Gasteiger partial charge on any atom is 0.139 e. The molecule has 3 heteroatoms. The molecule has 2 nitrogen and oxygen atoms in total. The Kier molecular flexibility index (Phi) is 1.73. The Balaban J connectivity index is 2.74. The Morgan fingerprint density at radius 3 is 2.92 bits per heavy atom. The number of aromatic amines is 1. The monoisotopic (exact) mass is 179 g/mol. The number of phenolic OH excluding ortho intramolecular Hbond substituents is 1. The first-order valence-corrected chi connectivity index (χ1v) is 4.35. The van der Waals surface area contributed by atoms with Gasteiger partial charge < -0.3 is 10.1 Å². The molecule has 2 aromatic rings. The lowest BCUT2D eigenvalue weighted by molar-refractivity contribution is 0.480. The van der Waals surface area contributed by atoms with Gasteiger partial charge in [-0.1, -0.05) is 12.1 Å². The van der Waals surface area contributed by atoms with Crippen LogP contribution >= 0.6 is 12.6 Å². The third-order valence-electron chi connectivity index (χ3n) is 1.86. The minimum Gasteiger partial charge on any atom is -0.506 e. The number of benzene rings is 1. The number of H-pyrrole nitrogens is 1. The zero-order valence-corrected chi connectivity index (χ0v) is 7.31. The molecule has 0 bridgehead atoms. The minimum absolute atomic E-state index is 0.292. The van der Waals surface area contributed by atoms with Crippen LogP contribution in [0.15, 0.2) is 24.3 Å². The third kappa shape index (κ3) is 1.06. The van der Waals surface area contributed by atoms with Crippen LogP contribution in [0.4, 0.5) is 0 Å². The van der Waals surface area contributed by atoms with Crippen molar-refractivity contribution in [1.82, 2.24) is 4.98 Å². The first-order chi connectivity index (χ1) is 5.81. The second-order valence-electron chi connectivity index (χ2n) is 2.69. The van der Waals surface area contributed by atoms with E-state index in [2.05, 4.69) is 17.6 Å². The number of thiol groups is 1. The van der Waals surface area contributed by atoms with Crippen molar-refractivity contribution in [3.63, 3.8) is 0 Å². The van der Waals surface area contributed by atoms with Crippen LogP contribution in [0, 0.1) is 0 Å². The standard InChI is InChI=1S/C9H9NOS/c11-8-3-1-2-6-4-7(5-12)10-9(6)8/h1-4,10-12H,5H2. The molecule has 62 valence electrons. The molecule has 1 heterocycles. The number of phenols is 1. The van der Waals surface area contributed by atoms with Crippen molar-refractivity contribution in [2.45, 2.75) is 5.75 Å². The Hall–Kier alpha value is -1.09. The largest absolute Gasteiger partial charge is 0.506 e. The number of hydrogen-bond donors (Lipinski definition) is 3. The number of aromatic nitrogens is 1. The van der Waals surface area contributed by atoms with Crippen LogP contribution in [0.2, 0.25) is 0 Å². The molecule has 0 radical (unpaired) electrons. The van der Waals surface area contributed by atoms with Gasteiger partial charge in [-0.15, -0.1) is 0 Å². The SMILES string of the molecule is Oc1cccc2cc(CS)[nH]c12. The predicted octanol–water partition coefficient (Wildman–Crippen LogP) is 2.30. The second kappa shape index (κ2) is 2.75. The Bertz CT molecular complexity index is 408. The van der Waals surface area contributed by atoms with E-state index in [0.717, 1.165) is 16.6 Å². The molecule has 2 N–H and O–H groups in total. The van der Waals surface area contributed by atoms with Gasteiger partial charge in [0.25, 0.3) is 0 Å². The highest BCUT2D eigenvalue weighted by atomic mass is 32.1. The molecule has 2 rings (SSSR count). The molecule has 1 aromatic heterocycles. The average Bonchev–Trinajstić information content (AvgIpc) is 2.49. The van der Waals surface area contributed by atoms with Gasteiger partial charge in [0, 0.05) is 16.8 Å². The normalized spacial score (nSPS) is 10.8. The van der Waals surface area contributed by atoms with E-state index in [1.165, 1.54) is 0 Å². The lowest BCUT2D eigenvalue weighted by Gasteiger charge is -1.92. The highest BCUT2D eigenvalue weighted by molar-refractivity contribution is 7.79. The van der Waals surface area contributed by atoms with Crippen molar-refractivity contribution in [3.8, 4) is 5.75 Å². The van der Waals surface area contributed by atoms with E-state index in [-0.39, 0.29) is 0 Å². The van der Waals surface area contributed by atoms with Crippen molar-refractivity contribution in [3.05, 3.63) is 30.0 Å². The van der Waals surface area contributed by atoms with Crippen molar-refractivity contribution in [2.75, 3.05) is 0 Å². The average molecular weight is 179 g/mol. The van der Waals surface area contributed by atoms with E-state index in [0.29, 0.717) is 11.5 Å².